The van der Waals surface area contributed by atoms with Crippen molar-refractivity contribution in [1.29, 1.82) is 0 Å². The molecule has 2 rings (SSSR count). The van der Waals surface area contributed by atoms with Crippen molar-refractivity contribution in [1.82, 2.24) is 10.8 Å². The maximum absolute atomic E-state index is 12.2. The second kappa shape index (κ2) is 7.85. The van der Waals surface area contributed by atoms with Crippen LogP contribution in [-0.2, 0) is 0 Å². The van der Waals surface area contributed by atoms with Crippen molar-refractivity contribution >= 4 is 5.91 Å². The maximum atomic E-state index is 12.2. The van der Waals surface area contributed by atoms with E-state index >= 15 is 0 Å². The zero-order valence-corrected chi connectivity index (χ0v) is 12.8. The lowest BCUT2D eigenvalue weighted by atomic mass is 10.0. The molecule has 1 amide bonds. The second-order valence-electron chi connectivity index (χ2n) is 5.38. The molecule has 0 saturated carbocycles. The van der Waals surface area contributed by atoms with Crippen LogP contribution in [0.2, 0.25) is 0 Å². The summed E-state index contributed by atoms with van der Waals surface area (Å²) in [6.07, 6.45) is -1.34. The summed E-state index contributed by atoms with van der Waals surface area (Å²) in [5.41, 5.74) is 9.92. The molecular weight excluding hydrogens is 294 g/mol. The molecule has 0 aliphatic carbocycles. The van der Waals surface area contributed by atoms with Crippen molar-refractivity contribution in [3.05, 3.63) is 60.2 Å². The van der Waals surface area contributed by atoms with E-state index in [0.717, 1.165) is 11.1 Å². The number of hydrogen-bond donors (Lipinski definition) is 5. The molecule has 0 fully saturated rings. The van der Waals surface area contributed by atoms with Gasteiger partial charge in [-0.1, -0.05) is 42.5 Å². The minimum atomic E-state index is -1.34. The summed E-state index contributed by atoms with van der Waals surface area (Å²) in [6, 6.07) is 15.6. The van der Waals surface area contributed by atoms with Gasteiger partial charge >= 0.3 is 0 Å². The van der Waals surface area contributed by atoms with Crippen molar-refractivity contribution in [2.24, 2.45) is 5.73 Å². The number of hydrogen-bond acceptors (Lipinski definition) is 5. The van der Waals surface area contributed by atoms with E-state index in [1.165, 1.54) is 0 Å². The molecule has 6 nitrogen and oxygen atoms in total. The van der Waals surface area contributed by atoms with E-state index in [0.29, 0.717) is 5.56 Å². The van der Waals surface area contributed by atoms with Gasteiger partial charge in [0.2, 0.25) is 0 Å². The number of amides is 1. The van der Waals surface area contributed by atoms with Crippen LogP contribution in [0, 0.1) is 0 Å². The molecule has 2 aromatic rings. The smallest absolute Gasteiger partial charge is 0.251 e. The summed E-state index contributed by atoms with van der Waals surface area (Å²) in [7, 11) is 0. The third kappa shape index (κ3) is 4.37. The number of carbonyl (C=O) groups is 1. The van der Waals surface area contributed by atoms with Gasteiger partial charge in [0.1, 0.15) is 6.23 Å². The first kappa shape index (κ1) is 17.1. The quantitative estimate of drug-likeness (QED) is 0.405. The molecular formula is C17H21N3O3. The van der Waals surface area contributed by atoms with Crippen molar-refractivity contribution in [2.45, 2.75) is 25.2 Å². The van der Waals surface area contributed by atoms with E-state index in [4.69, 9.17) is 10.9 Å². The molecule has 2 aromatic carbocycles. The fraction of sp³-hybridized carbons (Fsp3) is 0.235. The highest BCUT2D eigenvalue weighted by atomic mass is 16.5. The average Bonchev–Trinajstić information content (AvgIpc) is 2.59. The van der Waals surface area contributed by atoms with Crippen LogP contribution >= 0.6 is 0 Å². The lowest BCUT2D eigenvalue weighted by molar-refractivity contribution is -0.0234. The second-order valence-corrected chi connectivity index (χ2v) is 5.38. The zero-order valence-electron chi connectivity index (χ0n) is 12.8. The van der Waals surface area contributed by atoms with Gasteiger partial charge in [-0.2, -0.15) is 5.48 Å². The minimum absolute atomic E-state index is 0.374. The minimum Gasteiger partial charge on any atom is -0.374 e. The van der Waals surface area contributed by atoms with Crippen LogP contribution in [0.15, 0.2) is 54.6 Å². The molecule has 122 valence electrons. The molecule has 0 radical (unpaired) electrons. The highest BCUT2D eigenvalue weighted by Gasteiger charge is 2.24. The Morgan fingerprint density at radius 1 is 1.04 bits per heavy atom. The predicted molar refractivity (Wildman–Crippen MR) is 87.7 cm³/mol. The van der Waals surface area contributed by atoms with Gasteiger partial charge in [0, 0.05) is 11.6 Å². The molecule has 23 heavy (non-hydrogen) atoms. The highest BCUT2D eigenvalue weighted by Crippen LogP contribution is 2.19. The number of benzene rings is 2. The van der Waals surface area contributed by atoms with Crippen LogP contribution in [0.1, 0.15) is 17.3 Å². The molecule has 6 heteroatoms. The van der Waals surface area contributed by atoms with Crippen LogP contribution in [0.4, 0.5) is 0 Å². The number of hydroxylamine groups is 1. The van der Waals surface area contributed by atoms with Crippen LogP contribution in [0.5, 0.6) is 0 Å². The Hall–Kier alpha value is -2.25. The Bertz CT molecular complexity index is 629. The van der Waals surface area contributed by atoms with Gasteiger partial charge in [0.25, 0.3) is 5.91 Å². The monoisotopic (exact) mass is 315 g/mol. The Kier molecular flexibility index (Phi) is 5.84. The largest absolute Gasteiger partial charge is 0.374 e. The first-order chi connectivity index (χ1) is 11.0. The zero-order chi connectivity index (χ0) is 16.8. The van der Waals surface area contributed by atoms with Crippen LogP contribution in [0.25, 0.3) is 11.1 Å². The SMILES string of the molecule is C[C@@H](N)[C@@H](NC(=O)c1ccc(-c2ccccc2)cc1)C(O)NO. The van der Waals surface area contributed by atoms with E-state index in [-0.39, 0.29) is 5.91 Å². The molecule has 0 bridgehead atoms. The van der Waals surface area contributed by atoms with E-state index in [2.05, 4.69) is 5.32 Å². The Labute approximate surface area is 134 Å². The first-order valence-corrected chi connectivity index (χ1v) is 7.32. The summed E-state index contributed by atoms with van der Waals surface area (Å²) in [5.74, 6) is -0.374. The van der Waals surface area contributed by atoms with E-state index in [9.17, 15) is 9.90 Å². The van der Waals surface area contributed by atoms with Gasteiger partial charge in [-0.05, 0) is 30.2 Å². The van der Waals surface area contributed by atoms with Crippen molar-refractivity contribution < 1.29 is 15.1 Å². The third-order valence-electron chi connectivity index (χ3n) is 3.59. The van der Waals surface area contributed by atoms with Gasteiger partial charge in [0.05, 0.1) is 6.04 Å². The van der Waals surface area contributed by atoms with Gasteiger partial charge in [-0.3, -0.25) is 4.79 Å². The molecule has 1 unspecified atom stereocenters. The summed E-state index contributed by atoms with van der Waals surface area (Å²) in [5, 5.41) is 21.0. The van der Waals surface area contributed by atoms with Crippen molar-refractivity contribution in [3.63, 3.8) is 0 Å². The number of rotatable bonds is 6. The van der Waals surface area contributed by atoms with Gasteiger partial charge in [-0.25, -0.2) is 0 Å². The summed E-state index contributed by atoms with van der Waals surface area (Å²) >= 11 is 0. The fourth-order valence-corrected chi connectivity index (χ4v) is 2.26. The Morgan fingerprint density at radius 2 is 1.61 bits per heavy atom. The fourth-order valence-electron chi connectivity index (χ4n) is 2.26. The molecule has 0 aromatic heterocycles. The number of aliphatic hydroxyl groups is 1. The molecule has 6 N–H and O–H groups in total. The molecule has 3 atom stereocenters. The highest BCUT2D eigenvalue weighted by molar-refractivity contribution is 5.95. The number of nitrogens with two attached hydrogens (primary N) is 1. The molecule has 0 aliphatic heterocycles. The Balaban J connectivity index is 2.11. The van der Waals surface area contributed by atoms with E-state index < -0.39 is 18.3 Å². The molecule has 0 aliphatic rings. The maximum Gasteiger partial charge on any atom is 0.251 e. The lowest BCUT2D eigenvalue weighted by Crippen LogP contribution is -2.57. The number of carbonyl (C=O) groups excluding carboxylic acids is 1. The van der Waals surface area contributed by atoms with Crippen LogP contribution in [-0.4, -0.2) is 34.5 Å². The van der Waals surface area contributed by atoms with Gasteiger partial charge in [-0.15, -0.1) is 0 Å². The molecule has 0 saturated heterocycles. The average molecular weight is 315 g/mol. The predicted octanol–water partition coefficient (Wildman–Crippen LogP) is 1.10. The lowest BCUT2D eigenvalue weighted by Gasteiger charge is -2.26. The van der Waals surface area contributed by atoms with Gasteiger partial charge in [0.15, 0.2) is 0 Å². The first-order valence-electron chi connectivity index (χ1n) is 7.32. The van der Waals surface area contributed by atoms with Crippen LogP contribution in [0.3, 0.4) is 0 Å². The van der Waals surface area contributed by atoms with Gasteiger partial charge < -0.3 is 21.4 Å². The topological polar surface area (TPSA) is 108 Å². The molecule has 0 heterocycles. The van der Waals surface area contributed by atoms with Crippen molar-refractivity contribution in [3.8, 4) is 11.1 Å². The molecule has 0 spiro atoms. The summed E-state index contributed by atoms with van der Waals surface area (Å²) in [4.78, 5) is 12.2. The number of nitrogens with one attached hydrogen (secondary N) is 2. The van der Waals surface area contributed by atoms with E-state index in [1.54, 1.807) is 24.5 Å². The van der Waals surface area contributed by atoms with Crippen molar-refractivity contribution in [2.75, 3.05) is 0 Å². The third-order valence-corrected chi connectivity index (χ3v) is 3.59. The number of aliphatic hydroxyl groups excluding tert-OH is 1. The summed E-state index contributed by atoms with van der Waals surface area (Å²) in [6.45, 7) is 1.63. The Morgan fingerprint density at radius 3 is 2.13 bits per heavy atom. The normalized spacial score (nSPS) is 14.8. The van der Waals surface area contributed by atoms with Crippen LogP contribution < -0.4 is 16.5 Å². The standard InChI is InChI=1S/C17H21N3O3/c1-11(18)15(17(22)20-23)19-16(21)14-9-7-13(8-10-14)12-5-3-2-4-6-12/h2-11,15,17,20,22-23H,18H2,1H3,(H,19,21)/t11-,15-,17?/m1/s1. The summed E-state index contributed by atoms with van der Waals surface area (Å²) < 4.78 is 0. The van der Waals surface area contributed by atoms with E-state index in [1.807, 2.05) is 42.5 Å².